The number of hydrogen-bond acceptors (Lipinski definition) is 9. The fourth-order valence-corrected chi connectivity index (χ4v) is 4.79. The van der Waals surface area contributed by atoms with Crippen LogP contribution in [0.4, 0.5) is 8.78 Å². The molecule has 0 radical (unpaired) electrons. The van der Waals surface area contributed by atoms with Gasteiger partial charge in [-0.3, -0.25) is 14.8 Å². The van der Waals surface area contributed by atoms with Crippen molar-refractivity contribution < 1.29 is 18.3 Å². The SMILES string of the molecule is COCN1CC(c2nc(C(=O)N/C(C=NC3CCCCC3)=C(/N)c3nc(F)ccc3F)cs2)C=N1. The lowest BCUT2D eigenvalue weighted by Crippen LogP contribution is -2.28. The highest BCUT2D eigenvalue weighted by molar-refractivity contribution is 7.10. The number of nitrogens with zero attached hydrogens (tertiary/aromatic N) is 5. The van der Waals surface area contributed by atoms with E-state index in [0.29, 0.717) is 13.3 Å². The van der Waals surface area contributed by atoms with E-state index in [1.807, 2.05) is 0 Å². The van der Waals surface area contributed by atoms with Gasteiger partial charge in [0.2, 0.25) is 5.95 Å². The first-order valence-corrected chi connectivity index (χ1v) is 12.2. The number of ether oxygens (including phenoxy) is 1. The summed E-state index contributed by atoms with van der Waals surface area (Å²) in [4.78, 5) is 25.6. The van der Waals surface area contributed by atoms with E-state index in [0.717, 1.165) is 49.2 Å². The standard InChI is InChI=1S/C23H27F2N7O2S/c1-34-13-32-11-14(9-28-32)23-30-18(12-35-23)22(33)29-17(10-27-15-5-3-2-4-6-15)20(26)21-16(24)7-8-19(25)31-21/h7-10,12,14-15H,2-6,11,13,26H2,1H3,(H,29,33)/b20-17+,27-10?. The van der Waals surface area contributed by atoms with Crippen LogP contribution in [-0.4, -0.2) is 59.7 Å². The molecule has 3 heterocycles. The van der Waals surface area contributed by atoms with Crippen LogP contribution in [-0.2, 0) is 4.74 Å². The van der Waals surface area contributed by atoms with Crippen molar-refractivity contribution in [3.63, 3.8) is 0 Å². The summed E-state index contributed by atoms with van der Waals surface area (Å²) in [5.41, 5.74) is 5.75. The predicted molar refractivity (Wildman–Crippen MR) is 130 cm³/mol. The van der Waals surface area contributed by atoms with E-state index in [1.165, 1.54) is 17.6 Å². The zero-order valence-electron chi connectivity index (χ0n) is 19.3. The van der Waals surface area contributed by atoms with Crippen molar-refractivity contribution in [1.82, 2.24) is 20.3 Å². The predicted octanol–water partition coefficient (Wildman–Crippen LogP) is 3.27. The first-order valence-electron chi connectivity index (χ1n) is 11.3. The number of thiazole rings is 1. The molecule has 9 nitrogen and oxygen atoms in total. The van der Waals surface area contributed by atoms with Crippen molar-refractivity contribution in [3.05, 3.63) is 51.4 Å². The molecule has 35 heavy (non-hydrogen) atoms. The molecule has 2 aliphatic rings. The second-order valence-corrected chi connectivity index (χ2v) is 9.25. The summed E-state index contributed by atoms with van der Waals surface area (Å²) < 4.78 is 33.1. The molecule has 1 atom stereocenters. The zero-order chi connectivity index (χ0) is 24.8. The van der Waals surface area contributed by atoms with E-state index in [1.54, 1.807) is 23.7 Å². The molecule has 12 heteroatoms. The average Bonchev–Trinajstić information content (AvgIpc) is 3.54. The molecule has 0 spiro atoms. The molecule has 2 aromatic rings. The Labute approximate surface area is 205 Å². The number of nitrogens with two attached hydrogens (primary N) is 1. The van der Waals surface area contributed by atoms with Gasteiger partial charge in [0.15, 0.2) is 5.82 Å². The monoisotopic (exact) mass is 503 g/mol. The molecule has 186 valence electrons. The molecule has 2 aromatic heterocycles. The van der Waals surface area contributed by atoms with Gasteiger partial charge >= 0.3 is 0 Å². The van der Waals surface area contributed by atoms with Gasteiger partial charge in [0.25, 0.3) is 5.91 Å². The van der Waals surface area contributed by atoms with Crippen molar-refractivity contribution in [3.8, 4) is 0 Å². The lowest BCUT2D eigenvalue weighted by atomic mass is 9.96. The molecule has 1 unspecified atom stereocenters. The quantitative estimate of drug-likeness (QED) is 0.422. The Kier molecular flexibility index (Phi) is 8.13. The zero-order valence-corrected chi connectivity index (χ0v) is 20.1. The number of carbonyl (C=O) groups is 1. The highest BCUT2D eigenvalue weighted by Gasteiger charge is 2.24. The molecule has 1 fully saturated rings. The van der Waals surface area contributed by atoms with Gasteiger partial charge in [-0.1, -0.05) is 19.3 Å². The highest BCUT2D eigenvalue weighted by Crippen LogP contribution is 2.24. The molecule has 0 saturated heterocycles. The molecular weight excluding hydrogens is 476 g/mol. The number of aliphatic imine (C=N–C) groups is 1. The van der Waals surface area contributed by atoms with Gasteiger partial charge in [0, 0.05) is 24.9 Å². The maximum Gasteiger partial charge on any atom is 0.275 e. The van der Waals surface area contributed by atoms with E-state index >= 15 is 0 Å². The fraction of sp³-hybridized carbons (Fsp3) is 0.435. The molecule has 1 aliphatic carbocycles. The number of rotatable bonds is 8. The number of nitrogens with one attached hydrogen (secondary N) is 1. The largest absolute Gasteiger partial charge is 0.395 e. The van der Waals surface area contributed by atoms with Crippen LogP contribution in [0.5, 0.6) is 0 Å². The Morgan fingerprint density at radius 3 is 2.89 bits per heavy atom. The van der Waals surface area contributed by atoms with E-state index in [9.17, 15) is 13.6 Å². The summed E-state index contributed by atoms with van der Waals surface area (Å²) in [6, 6.07) is 1.92. The summed E-state index contributed by atoms with van der Waals surface area (Å²) in [7, 11) is 1.59. The summed E-state index contributed by atoms with van der Waals surface area (Å²) in [5, 5.41) is 11.0. The normalized spacial score (nSPS) is 19.4. The van der Waals surface area contributed by atoms with Crippen LogP contribution in [0.2, 0.25) is 0 Å². The lowest BCUT2D eigenvalue weighted by Gasteiger charge is -2.18. The number of halogens is 2. The van der Waals surface area contributed by atoms with Crippen LogP contribution in [0.25, 0.3) is 5.70 Å². The molecule has 0 bridgehead atoms. The minimum Gasteiger partial charge on any atom is -0.395 e. The second kappa shape index (κ2) is 11.5. The first-order chi connectivity index (χ1) is 16.9. The van der Waals surface area contributed by atoms with E-state index in [-0.39, 0.29) is 29.0 Å². The number of carbonyl (C=O) groups excluding carboxylic acids is 1. The van der Waals surface area contributed by atoms with Crippen LogP contribution in [0, 0.1) is 11.8 Å². The smallest absolute Gasteiger partial charge is 0.275 e. The third-order valence-corrected chi connectivity index (χ3v) is 6.74. The minimum absolute atomic E-state index is 0.0424. The van der Waals surface area contributed by atoms with Gasteiger partial charge in [0.1, 0.15) is 23.1 Å². The molecule has 1 amide bonds. The summed E-state index contributed by atoms with van der Waals surface area (Å²) >= 11 is 1.33. The van der Waals surface area contributed by atoms with Crippen molar-refractivity contribution in [1.29, 1.82) is 0 Å². The Hall–Kier alpha value is -3.25. The van der Waals surface area contributed by atoms with Crippen molar-refractivity contribution in [2.45, 2.75) is 44.1 Å². The third kappa shape index (κ3) is 6.25. The van der Waals surface area contributed by atoms with Gasteiger partial charge in [-0.2, -0.15) is 9.49 Å². The summed E-state index contributed by atoms with van der Waals surface area (Å²) in [6.45, 7) is 0.962. The van der Waals surface area contributed by atoms with Crippen LogP contribution >= 0.6 is 11.3 Å². The Morgan fingerprint density at radius 1 is 1.31 bits per heavy atom. The molecule has 4 rings (SSSR count). The van der Waals surface area contributed by atoms with Crippen molar-refractivity contribution in [2.75, 3.05) is 20.4 Å². The van der Waals surface area contributed by atoms with E-state index in [4.69, 9.17) is 10.5 Å². The van der Waals surface area contributed by atoms with Crippen molar-refractivity contribution >= 4 is 35.4 Å². The number of aromatic nitrogens is 2. The Balaban J connectivity index is 1.56. The topological polar surface area (TPSA) is 118 Å². The summed E-state index contributed by atoms with van der Waals surface area (Å²) in [6.07, 6.45) is 8.30. The van der Waals surface area contributed by atoms with Gasteiger partial charge in [0.05, 0.1) is 29.9 Å². The molecular formula is C23H27F2N7O2S. The maximum atomic E-state index is 14.4. The van der Waals surface area contributed by atoms with Gasteiger partial charge in [-0.15, -0.1) is 11.3 Å². The highest BCUT2D eigenvalue weighted by atomic mass is 32.1. The van der Waals surface area contributed by atoms with Crippen LogP contribution < -0.4 is 11.1 Å². The van der Waals surface area contributed by atoms with E-state index < -0.39 is 23.4 Å². The second-order valence-electron chi connectivity index (χ2n) is 8.36. The number of hydrogen-bond donors (Lipinski definition) is 2. The van der Waals surface area contributed by atoms with Crippen LogP contribution in [0.1, 0.15) is 59.2 Å². The van der Waals surface area contributed by atoms with E-state index in [2.05, 4.69) is 25.4 Å². The third-order valence-electron chi connectivity index (χ3n) is 5.76. The lowest BCUT2D eigenvalue weighted by molar-refractivity contribution is 0.0719. The molecule has 1 aliphatic heterocycles. The number of amides is 1. The fourth-order valence-electron chi connectivity index (χ4n) is 3.94. The number of methoxy groups -OCH3 is 1. The first kappa shape index (κ1) is 24.9. The molecule has 3 N–H and O–H groups in total. The van der Waals surface area contributed by atoms with Crippen molar-refractivity contribution in [2.24, 2.45) is 15.8 Å². The van der Waals surface area contributed by atoms with Gasteiger partial charge < -0.3 is 15.8 Å². The number of allylic oxidation sites excluding steroid dienone is 1. The van der Waals surface area contributed by atoms with Gasteiger partial charge in [-0.25, -0.2) is 14.4 Å². The van der Waals surface area contributed by atoms with Crippen LogP contribution in [0.15, 0.2) is 33.3 Å². The molecule has 0 aromatic carbocycles. The average molecular weight is 504 g/mol. The maximum absolute atomic E-state index is 14.4. The molecule has 1 saturated carbocycles. The Morgan fingerprint density at radius 2 is 2.11 bits per heavy atom. The Bertz CT molecular complexity index is 1140. The van der Waals surface area contributed by atoms with Gasteiger partial charge in [-0.05, 0) is 25.0 Å². The minimum atomic E-state index is -0.885. The summed E-state index contributed by atoms with van der Waals surface area (Å²) in [5.74, 6) is -2.29. The number of hydrazone groups is 1. The number of pyridine rings is 1. The van der Waals surface area contributed by atoms with Crippen LogP contribution in [0.3, 0.4) is 0 Å².